The van der Waals surface area contributed by atoms with Gasteiger partial charge >= 0.3 is 0 Å². The lowest BCUT2D eigenvalue weighted by atomic mass is 10.1. The third-order valence-corrected chi connectivity index (χ3v) is 3.97. The highest BCUT2D eigenvalue weighted by Gasteiger charge is 2.15. The molecule has 2 aromatic carbocycles. The summed E-state index contributed by atoms with van der Waals surface area (Å²) in [4.78, 5) is 12.3. The van der Waals surface area contributed by atoms with Gasteiger partial charge in [-0.2, -0.15) is 0 Å². The number of anilines is 1. The minimum absolute atomic E-state index is 0.0966. The molecule has 1 heterocycles. The van der Waals surface area contributed by atoms with E-state index in [2.05, 4.69) is 5.32 Å². The molecule has 7 nitrogen and oxygen atoms in total. The number of nitrogens with one attached hydrogen (secondary N) is 1. The summed E-state index contributed by atoms with van der Waals surface area (Å²) in [5.41, 5.74) is 1.03. The SMILES string of the molecule is COc1ccc(OC)c(Cc2ccc(C(=O)Nc3ccc(O)cc3O)o2)c1. The van der Waals surface area contributed by atoms with Crippen LogP contribution in [-0.2, 0) is 6.42 Å². The van der Waals surface area contributed by atoms with Gasteiger partial charge < -0.3 is 29.4 Å². The van der Waals surface area contributed by atoms with Crippen molar-refractivity contribution in [3.63, 3.8) is 0 Å². The quantitative estimate of drug-likeness (QED) is 0.454. The lowest BCUT2D eigenvalue weighted by molar-refractivity contribution is 0.0994. The number of benzene rings is 2. The molecule has 140 valence electrons. The van der Waals surface area contributed by atoms with E-state index in [0.717, 1.165) is 11.6 Å². The van der Waals surface area contributed by atoms with Crippen molar-refractivity contribution >= 4 is 11.6 Å². The van der Waals surface area contributed by atoms with Crippen LogP contribution in [0.15, 0.2) is 52.9 Å². The molecule has 0 radical (unpaired) electrons. The van der Waals surface area contributed by atoms with Crippen molar-refractivity contribution in [1.29, 1.82) is 0 Å². The van der Waals surface area contributed by atoms with Gasteiger partial charge in [0.1, 0.15) is 28.8 Å². The standard InChI is InChI=1S/C20H19NO6/c1-25-14-4-7-18(26-2)12(9-14)10-15-5-8-19(27-15)20(24)21-16-6-3-13(22)11-17(16)23/h3-9,11,22-23H,10H2,1-2H3,(H,21,24). The number of phenolic OH excluding ortho intramolecular Hbond substituents is 2. The van der Waals surface area contributed by atoms with Crippen LogP contribution in [0.1, 0.15) is 21.9 Å². The number of ether oxygens (including phenoxy) is 2. The molecule has 0 aliphatic carbocycles. The lowest BCUT2D eigenvalue weighted by Gasteiger charge is -2.09. The summed E-state index contributed by atoms with van der Waals surface area (Å²) >= 11 is 0. The molecule has 1 aromatic heterocycles. The van der Waals surface area contributed by atoms with Gasteiger partial charge in [-0.15, -0.1) is 0 Å². The summed E-state index contributed by atoms with van der Waals surface area (Å²) < 4.78 is 16.2. The lowest BCUT2D eigenvalue weighted by Crippen LogP contribution is -2.10. The van der Waals surface area contributed by atoms with Gasteiger partial charge in [0.2, 0.25) is 0 Å². The number of phenols is 2. The van der Waals surface area contributed by atoms with Crippen molar-refractivity contribution in [2.45, 2.75) is 6.42 Å². The van der Waals surface area contributed by atoms with Crippen molar-refractivity contribution < 1.29 is 28.9 Å². The second-order valence-corrected chi connectivity index (χ2v) is 5.78. The van der Waals surface area contributed by atoms with Gasteiger partial charge in [-0.05, 0) is 42.5 Å². The molecular weight excluding hydrogens is 350 g/mol. The van der Waals surface area contributed by atoms with Gasteiger partial charge in [0.25, 0.3) is 5.91 Å². The molecule has 0 aliphatic heterocycles. The minimum atomic E-state index is -0.514. The summed E-state index contributed by atoms with van der Waals surface area (Å²) in [5.74, 6) is 1.19. The molecule has 0 aliphatic rings. The van der Waals surface area contributed by atoms with Crippen molar-refractivity contribution in [2.75, 3.05) is 19.5 Å². The number of amides is 1. The number of hydrogen-bond acceptors (Lipinski definition) is 6. The Hall–Kier alpha value is -3.61. The molecule has 0 spiro atoms. The fraction of sp³-hybridized carbons (Fsp3) is 0.150. The summed E-state index contributed by atoms with van der Waals surface area (Å²) in [5, 5.41) is 21.6. The normalized spacial score (nSPS) is 10.4. The predicted octanol–water partition coefficient (Wildman–Crippen LogP) is 3.55. The van der Waals surface area contributed by atoms with Gasteiger partial charge in [-0.1, -0.05) is 0 Å². The topological polar surface area (TPSA) is 101 Å². The van der Waals surface area contributed by atoms with E-state index < -0.39 is 5.91 Å². The van der Waals surface area contributed by atoms with E-state index in [9.17, 15) is 15.0 Å². The highest BCUT2D eigenvalue weighted by molar-refractivity contribution is 6.03. The number of aromatic hydroxyl groups is 2. The Morgan fingerprint density at radius 2 is 1.85 bits per heavy atom. The highest BCUT2D eigenvalue weighted by Crippen LogP contribution is 2.29. The summed E-state index contributed by atoms with van der Waals surface area (Å²) in [7, 11) is 3.16. The Bertz CT molecular complexity index is 963. The Morgan fingerprint density at radius 3 is 2.56 bits per heavy atom. The van der Waals surface area contributed by atoms with Crippen LogP contribution in [0.5, 0.6) is 23.0 Å². The van der Waals surface area contributed by atoms with E-state index in [1.807, 2.05) is 6.07 Å². The Kier molecular flexibility index (Phi) is 5.21. The molecule has 27 heavy (non-hydrogen) atoms. The number of furan rings is 1. The van der Waals surface area contributed by atoms with Crippen molar-refractivity contribution in [3.05, 3.63) is 65.6 Å². The van der Waals surface area contributed by atoms with Crippen molar-refractivity contribution in [3.8, 4) is 23.0 Å². The van der Waals surface area contributed by atoms with Crippen LogP contribution in [0, 0.1) is 0 Å². The number of carbonyl (C=O) groups excluding carboxylic acids is 1. The van der Waals surface area contributed by atoms with E-state index in [0.29, 0.717) is 23.7 Å². The second-order valence-electron chi connectivity index (χ2n) is 5.78. The zero-order chi connectivity index (χ0) is 19.4. The third kappa shape index (κ3) is 4.14. The molecule has 0 saturated carbocycles. The first kappa shape index (κ1) is 18.2. The first-order valence-electron chi connectivity index (χ1n) is 8.13. The van der Waals surface area contributed by atoms with Gasteiger partial charge in [0.05, 0.1) is 19.9 Å². The fourth-order valence-electron chi connectivity index (χ4n) is 2.61. The van der Waals surface area contributed by atoms with E-state index in [4.69, 9.17) is 13.9 Å². The smallest absolute Gasteiger partial charge is 0.291 e. The van der Waals surface area contributed by atoms with Crippen LogP contribution >= 0.6 is 0 Å². The van der Waals surface area contributed by atoms with Crippen LogP contribution in [0.4, 0.5) is 5.69 Å². The molecule has 0 unspecified atom stereocenters. The molecule has 0 bridgehead atoms. The molecule has 3 aromatic rings. The number of methoxy groups -OCH3 is 2. The number of carbonyl (C=O) groups is 1. The zero-order valence-electron chi connectivity index (χ0n) is 14.9. The molecule has 7 heteroatoms. The minimum Gasteiger partial charge on any atom is -0.508 e. The summed E-state index contributed by atoms with van der Waals surface area (Å²) in [6.07, 6.45) is 0.415. The zero-order valence-corrected chi connectivity index (χ0v) is 14.9. The van der Waals surface area contributed by atoms with Gasteiger partial charge in [-0.25, -0.2) is 0 Å². The van der Waals surface area contributed by atoms with Crippen LogP contribution < -0.4 is 14.8 Å². The Labute approximate surface area is 155 Å². The Balaban J connectivity index is 1.76. The number of rotatable bonds is 6. The van der Waals surface area contributed by atoms with E-state index in [1.165, 1.54) is 12.1 Å². The first-order valence-corrected chi connectivity index (χ1v) is 8.13. The molecule has 0 fully saturated rings. The number of hydrogen-bond donors (Lipinski definition) is 3. The fourth-order valence-corrected chi connectivity index (χ4v) is 2.61. The maximum Gasteiger partial charge on any atom is 0.291 e. The average molecular weight is 369 g/mol. The molecule has 0 atom stereocenters. The van der Waals surface area contributed by atoms with Crippen molar-refractivity contribution in [1.82, 2.24) is 0 Å². The molecule has 3 N–H and O–H groups in total. The maximum atomic E-state index is 12.3. The highest BCUT2D eigenvalue weighted by atomic mass is 16.5. The molecule has 3 rings (SSSR count). The summed E-state index contributed by atoms with van der Waals surface area (Å²) in [6.45, 7) is 0. The van der Waals surface area contributed by atoms with Crippen LogP contribution in [0.25, 0.3) is 0 Å². The van der Waals surface area contributed by atoms with Gasteiger partial charge in [0.15, 0.2) is 5.76 Å². The van der Waals surface area contributed by atoms with Crippen molar-refractivity contribution in [2.24, 2.45) is 0 Å². The van der Waals surface area contributed by atoms with Gasteiger partial charge in [0, 0.05) is 18.1 Å². The van der Waals surface area contributed by atoms with E-state index in [-0.39, 0.29) is 22.9 Å². The van der Waals surface area contributed by atoms with Crippen LogP contribution in [0.2, 0.25) is 0 Å². The summed E-state index contributed by atoms with van der Waals surface area (Å²) in [6, 6.07) is 12.6. The van der Waals surface area contributed by atoms with Crippen LogP contribution in [0.3, 0.4) is 0 Å². The second kappa shape index (κ2) is 7.74. The third-order valence-electron chi connectivity index (χ3n) is 3.97. The van der Waals surface area contributed by atoms with Gasteiger partial charge in [-0.3, -0.25) is 4.79 Å². The molecular formula is C20H19NO6. The predicted molar refractivity (Wildman–Crippen MR) is 98.8 cm³/mol. The molecule has 0 saturated heterocycles. The maximum absolute atomic E-state index is 12.3. The molecule has 1 amide bonds. The van der Waals surface area contributed by atoms with E-state index >= 15 is 0 Å². The first-order chi connectivity index (χ1) is 13.0. The Morgan fingerprint density at radius 1 is 1.04 bits per heavy atom. The van der Waals surface area contributed by atoms with E-state index in [1.54, 1.807) is 38.5 Å². The van der Waals surface area contributed by atoms with Crippen LogP contribution in [-0.4, -0.2) is 30.3 Å². The average Bonchev–Trinajstić information content (AvgIpc) is 3.12. The monoisotopic (exact) mass is 369 g/mol. The largest absolute Gasteiger partial charge is 0.508 e.